The van der Waals surface area contributed by atoms with E-state index in [0.717, 1.165) is 43.6 Å². The molecule has 5 rings (SSSR count). The molecule has 3 aromatic rings. The van der Waals surface area contributed by atoms with Crippen LogP contribution in [0.25, 0.3) is 0 Å². The molecule has 2 heterocycles. The van der Waals surface area contributed by atoms with E-state index in [1.54, 1.807) is 11.8 Å². The Morgan fingerprint density at radius 2 is 1.37 bits per heavy atom. The molecule has 1 N–H and O–H groups in total. The summed E-state index contributed by atoms with van der Waals surface area (Å²) in [7, 11) is 0. The Kier molecular flexibility index (Phi) is 5.68. The molecule has 0 saturated carbocycles. The van der Waals surface area contributed by atoms with Gasteiger partial charge in [-0.25, -0.2) is 0 Å². The van der Waals surface area contributed by atoms with Gasteiger partial charge in [0, 0.05) is 20.9 Å². The van der Waals surface area contributed by atoms with E-state index in [0.29, 0.717) is 5.92 Å². The van der Waals surface area contributed by atoms with Crippen molar-refractivity contribution in [3.8, 4) is 0 Å². The number of aliphatic hydroxyl groups is 1. The van der Waals surface area contributed by atoms with E-state index >= 15 is 0 Å². The Morgan fingerprint density at radius 1 is 0.800 bits per heavy atom. The predicted octanol–water partition coefficient (Wildman–Crippen LogP) is 6.05. The number of rotatable bonds is 5. The van der Waals surface area contributed by atoms with Crippen LogP contribution in [0.2, 0.25) is 0 Å². The molecule has 3 aromatic carbocycles. The molecule has 0 spiro atoms. The third kappa shape index (κ3) is 3.82. The molecule has 0 bridgehead atoms. The average Bonchev–Trinajstić information content (AvgIpc) is 2.80. The maximum atomic E-state index is 11.9. The highest BCUT2D eigenvalue weighted by Gasteiger charge is 2.38. The van der Waals surface area contributed by atoms with E-state index in [9.17, 15) is 5.11 Å². The zero-order valence-corrected chi connectivity index (χ0v) is 18.2. The first-order valence-corrected chi connectivity index (χ1v) is 11.9. The molecule has 1 fully saturated rings. The number of fused-ring (bicyclic) bond motifs is 2. The minimum absolute atomic E-state index is 0.695. The van der Waals surface area contributed by atoms with Crippen molar-refractivity contribution in [2.45, 2.75) is 47.0 Å². The first-order valence-electron chi connectivity index (χ1n) is 11.1. The summed E-state index contributed by atoms with van der Waals surface area (Å²) in [4.78, 5) is 4.95. The van der Waals surface area contributed by atoms with Crippen LogP contribution in [0.4, 0.5) is 0 Å². The Labute approximate surface area is 183 Å². The van der Waals surface area contributed by atoms with Crippen molar-refractivity contribution in [2.75, 3.05) is 19.6 Å². The van der Waals surface area contributed by atoms with Gasteiger partial charge in [-0.1, -0.05) is 78.5 Å². The van der Waals surface area contributed by atoms with Crippen molar-refractivity contribution in [1.82, 2.24) is 4.90 Å². The zero-order valence-electron chi connectivity index (χ0n) is 17.3. The fourth-order valence-electron chi connectivity index (χ4n) is 5.10. The molecule has 3 heteroatoms. The molecule has 0 unspecified atom stereocenters. The fourth-order valence-corrected chi connectivity index (χ4v) is 6.32. The summed E-state index contributed by atoms with van der Waals surface area (Å²) in [5.41, 5.74) is 2.73. The van der Waals surface area contributed by atoms with Crippen molar-refractivity contribution in [3.05, 3.63) is 95.6 Å². The van der Waals surface area contributed by atoms with Gasteiger partial charge in [-0.2, -0.15) is 0 Å². The van der Waals surface area contributed by atoms with E-state index in [2.05, 4.69) is 71.6 Å². The van der Waals surface area contributed by atoms with Crippen molar-refractivity contribution in [3.63, 3.8) is 0 Å². The van der Waals surface area contributed by atoms with Crippen molar-refractivity contribution in [1.29, 1.82) is 0 Å². The second-order valence-electron chi connectivity index (χ2n) is 8.58. The summed E-state index contributed by atoms with van der Waals surface area (Å²) in [6.07, 6.45) is 4.23. The zero-order chi connectivity index (χ0) is 20.4. The Morgan fingerprint density at radius 3 is 2.00 bits per heavy atom. The highest BCUT2D eigenvalue weighted by atomic mass is 32.2. The molecule has 0 radical (unpaired) electrons. The first kappa shape index (κ1) is 19.9. The smallest absolute Gasteiger partial charge is 0.117 e. The molecule has 2 nitrogen and oxygen atoms in total. The maximum absolute atomic E-state index is 11.9. The van der Waals surface area contributed by atoms with Crippen LogP contribution in [-0.4, -0.2) is 29.6 Å². The molecule has 154 valence electrons. The maximum Gasteiger partial charge on any atom is 0.117 e. The van der Waals surface area contributed by atoms with E-state index in [1.807, 2.05) is 12.1 Å². The summed E-state index contributed by atoms with van der Waals surface area (Å²) in [5.74, 6) is 0.695. The van der Waals surface area contributed by atoms with Crippen LogP contribution < -0.4 is 0 Å². The first-order chi connectivity index (χ1) is 14.7. The van der Waals surface area contributed by atoms with Gasteiger partial charge in [0.15, 0.2) is 0 Å². The van der Waals surface area contributed by atoms with Gasteiger partial charge in [0.2, 0.25) is 0 Å². The number of piperidine rings is 1. The molecular weight excluding hydrogens is 386 g/mol. The van der Waals surface area contributed by atoms with Crippen LogP contribution >= 0.6 is 11.8 Å². The van der Waals surface area contributed by atoms with E-state index in [1.165, 1.54) is 28.2 Å². The van der Waals surface area contributed by atoms with Gasteiger partial charge < -0.3 is 10.0 Å². The molecule has 1 saturated heterocycles. The second kappa shape index (κ2) is 8.58. The van der Waals surface area contributed by atoms with Crippen molar-refractivity contribution in [2.24, 2.45) is 0 Å². The Balaban J connectivity index is 1.24. The molecule has 0 amide bonds. The van der Waals surface area contributed by atoms with Crippen LogP contribution in [0.3, 0.4) is 0 Å². The Bertz CT molecular complexity index is 949. The second-order valence-corrected chi connectivity index (χ2v) is 9.67. The van der Waals surface area contributed by atoms with Crippen LogP contribution in [0.15, 0.2) is 88.7 Å². The van der Waals surface area contributed by atoms with Gasteiger partial charge >= 0.3 is 0 Å². The monoisotopic (exact) mass is 415 g/mol. The molecule has 30 heavy (non-hydrogen) atoms. The molecular formula is C27H29NOS. The summed E-state index contributed by atoms with van der Waals surface area (Å²) < 4.78 is 0. The number of hydrogen-bond donors (Lipinski definition) is 1. The lowest BCUT2D eigenvalue weighted by atomic mass is 9.82. The normalized spacial score (nSPS) is 18.6. The lowest BCUT2D eigenvalue weighted by Crippen LogP contribution is -2.36. The largest absolute Gasteiger partial charge is 0.380 e. The summed E-state index contributed by atoms with van der Waals surface area (Å²) in [6, 6.07) is 27.6. The highest BCUT2D eigenvalue weighted by Crippen LogP contribution is 2.49. The molecule has 0 aliphatic carbocycles. The minimum Gasteiger partial charge on any atom is -0.380 e. The van der Waals surface area contributed by atoms with Gasteiger partial charge in [0.05, 0.1) is 0 Å². The van der Waals surface area contributed by atoms with Gasteiger partial charge in [-0.15, -0.1) is 0 Å². The van der Waals surface area contributed by atoms with E-state index in [4.69, 9.17) is 0 Å². The molecule has 2 aliphatic heterocycles. The Hall–Kier alpha value is -2.07. The average molecular weight is 416 g/mol. The standard InChI is InChI=1S/C27H29NOS/c29-27(23-11-4-6-13-25(23)30-26-14-7-5-12-24(26)27)17-8-18-28-19-15-22(16-20-28)21-9-2-1-3-10-21/h1-7,9-14,22,29H,8,15-20H2. The van der Waals surface area contributed by atoms with Gasteiger partial charge in [0.1, 0.15) is 5.60 Å². The van der Waals surface area contributed by atoms with Crippen LogP contribution in [0, 0.1) is 0 Å². The predicted molar refractivity (Wildman–Crippen MR) is 124 cm³/mol. The number of likely N-dealkylation sites (tertiary alicyclic amines) is 1. The summed E-state index contributed by atoms with van der Waals surface area (Å²) in [6.45, 7) is 3.36. The molecule has 2 aliphatic rings. The van der Waals surface area contributed by atoms with Gasteiger partial charge in [-0.3, -0.25) is 0 Å². The number of nitrogens with zero attached hydrogens (tertiary/aromatic N) is 1. The van der Waals surface area contributed by atoms with Crippen LogP contribution in [0.1, 0.15) is 48.3 Å². The van der Waals surface area contributed by atoms with Crippen molar-refractivity contribution < 1.29 is 5.11 Å². The number of benzene rings is 3. The van der Waals surface area contributed by atoms with Gasteiger partial charge in [0.25, 0.3) is 0 Å². The summed E-state index contributed by atoms with van der Waals surface area (Å²) in [5, 5.41) is 11.9. The number of hydrogen-bond acceptors (Lipinski definition) is 3. The fraction of sp³-hybridized carbons (Fsp3) is 0.333. The highest BCUT2D eigenvalue weighted by molar-refractivity contribution is 7.99. The van der Waals surface area contributed by atoms with Gasteiger partial charge in [-0.05, 0) is 68.9 Å². The minimum atomic E-state index is -0.888. The van der Waals surface area contributed by atoms with Crippen LogP contribution in [-0.2, 0) is 5.60 Å². The van der Waals surface area contributed by atoms with Crippen LogP contribution in [0.5, 0.6) is 0 Å². The molecule has 0 aromatic heterocycles. The lowest BCUT2D eigenvalue weighted by molar-refractivity contribution is 0.0572. The SMILES string of the molecule is OC1(CCCN2CCC(c3ccccc3)CC2)c2ccccc2Sc2ccccc21. The van der Waals surface area contributed by atoms with E-state index < -0.39 is 5.60 Å². The third-order valence-corrected chi connectivity index (χ3v) is 7.91. The summed E-state index contributed by atoms with van der Waals surface area (Å²) >= 11 is 1.77. The quantitative estimate of drug-likeness (QED) is 0.549. The molecule has 0 atom stereocenters. The van der Waals surface area contributed by atoms with E-state index in [-0.39, 0.29) is 0 Å². The topological polar surface area (TPSA) is 23.5 Å². The van der Waals surface area contributed by atoms with Crippen molar-refractivity contribution >= 4 is 11.8 Å². The lowest BCUT2D eigenvalue weighted by Gasteiger charge is -2.37. The third-order valence-electron chi connectivity index (χ3n) is 6.76.